The Bertz CT molecular complexity index is 1400. The lowest BCUT2D eigenvalue weighted by Gasteiger charge is -2.23. The Hall–Kier alpha value is -3.91. The van der Waals surface area contributed by atoms with Crippen molar-refractivity contribution in [3.05, 3.63) is 88.7 Å². The maximum atomic E-state index is 15.0. The third-order valence-electron chi connectivity index (χ3n) is 8.11. The van der Waals surface area contributed by atoms with Crippen LogP contribution < -0.4 is 14.8 Å². The lowest BCUT2D eigenvalue weighted by Crippen LogP contribution is -2.38. The van der Waals surface area contributed by atoms with Gasteiger partial charge in [0.1, 0.15) is 29.2 Å². The summed E-state index contributed by atoms with van der Waals surface area (Å²) >= 11 is 0. The van der Waals surface area contributed by atoms with Crippen LogP contribution in [0.3, 0.4) is 0 Å². The molecule has 1 amide bonds. The van der Waals surface area contributed by atoms with Crippen LogP contribution in [0.2, 0.25) is 0 Å². The highest BCUT2D eigenvalue weighted by molar-refractivity contribution is 5.94. The van der Waals surface area contributed by atoms with Crippen molar-refractivity contribution in [2.45, 2.75) is 57.1 Å². The topological polar surface area (TPSA) is 83.1 Å². The molecule has 3 aliphatic rings. The van der Waals surface area contributed by atoms with Crippen LogP contribution in [0.25, 0.3) is 0 Å². The molecular weight excluding hydrogens is 525 g/mol. The van der Waals surface area contributed by atoms with Gasteiger partial charge < -0.3 is 24.3 Å². The fourth-order valence-electron chi connectivity index (χ4n) is 5.80. The number of carbonyl (C=O) groups is 2. The summed E-state index contributed by atoms with van der Waals surface area (Å²) in [6.45, 7) is 3.53. The largest absolute Gasteiger partial charge is 0.486 e. The highest BCUT2D eigenvalue weighted by atomic mass is 19.1. The summed E-state index contributed by atoms with van der Waals surface area (Å²) in [4.78, 5) is 24.6. The van der Waals surface area contributed by atoms with Crippen molar-refractivity contribution in [1.82, 2.24) is 5.32 Å². The van der Waals surface area contributed by atoms with E-state index in [1.807, 2.05) is 31.2 Å². The van der Waals surface area contributed by atoms with Crippen LogP contribution in [-0.4, -0.2) is 37.7 Å². The number of rotatable bonds is 9. The van der Waals surface area contributed by atoms with Crippen LogP contribution in [0.5, 0.6) is 17.2 Å². The number of hydrogen-bond donors (Lipinski definition) is 1. The zero-order valence-corrected chi connectivity index (χ0v) is 23.1. The summed E-state index contributed by atoms with van der Waals surface area (Å²) in [5.74, 6) is 1.35. The fourth-order valence-corrected chi connectivity index (χ4v) is 5.80. The van der Waals surface area contributed by atoms with Gasteiger partial charge in [0.25, 0.3) is 5.91 Å². The van der Waals surface area contributed by atoms with Gasteiger partial charge in [-0.1, -0.05) is 12.1 Å². The molecule has 3 aromatic rings. The van der Waals surface area contributed by atoms with Gasteiger partial charge in [0.15, 0.2) is 0 Å². The van der Waals surface area contributed by atoms with Gasteiger partial charge in [0, 0.05) is 35.9 Å². The number of hydrogen-bond acceptors (Lipinski definition) is 6. The standard InChI is InChI=1S/C33H34FNO6/c1-2-39-33(37)27-19-26(27)20-3-7-24(8-4-20)41-30-13-11-25-29(14-12-28(34)31(25)30)40-23-9-5-21(6-10-23)32(36)35-22-15-17-38-18-16-22/h3-10,12,14,22,26-27,30H,2,11,13,15-19H2,1H3,(H,35,36)/t26-,27+,30-/m1/s1. The van der Waals surface area contributed by atoms with Crippen LogP contribution in [-0.2, 0) is 20.7 Å². The van der Waals surface area contributed by atoms with E-state index in [1.54, 1.807) is 30.3 Å². The van der Waals surface area contributed by atoms with Crippen LogP contribution >= 0.6 is 0 Å². The number of ether oxygens (including phenoxy) is 4. The number of nitrogens with one attached hydrogen (secondary N) is 1. The average molecular weight is 560 g/mol. The highest BCUT2D eigenvalue weighted by Gasteiger charge is 2.45. The summed E-state index contributed by atoms with van der Waals surface area (Å²) in [6.07, 6.45) is 3.26. The predicted molar refractivity (Wildman–Crippen MR) is 150 cm³/mol. The molecule has 1 aliphatic heterocycles. The maximum absolute atomic E-state index is 15.0. The Morgan fingerprint density at radius 3 is 2.41 bits per heavy atom. The van der Waals surface area contributed by atoms with Gasteiger partial charge in [0.05, 0.1) is 12.5 Å². The number of carbonyl (C=O) groups excluding carboxylic acids is 2. The van der Waals surface area contributed by atoms with Gasteiger partial charge in [-0.3, -0.25) is 9.59 Å². The quantitative estimate of drug-likeness (QED) is 0.312. The van der Waals surface area contributed by atoms with E-state index >= 15 is 4.39 Å². The number of benzene rings is 3. The molecule has 7 nitrogen and oxygen atoms in total. The number of fused-ring (bicyclic) bond motifs is 1. The molecule has 0 spiro atoms. The lowest BCUT2D eigenvalue weighted by atomic mass is 10.1. The Balaban J connectivity index is 1.09. The molecule has 41 heavy (non-hydrogen) atoms. The number of esters is 1. The molecule has 1 saturated heterocycles. The van der Waals surface area contributed by atoms with E-state index in [1.165, 1.54) is 6.07 Å². The van der Waals surface area contributed by atoms with Gasteiger partial charge in [0.2, 0.25) is 0 Å². The van der Waals surface area contributed by atoms with Gasteiger partial charge >= 0.3 is 5.97 Å². The summed E-state index contributed by atoms with van der Waals surface area (Å²) in [5.41, 5.74) is 2.95. The van der Waals surface area contributed by atoms with E-state index in [2.05, 4.69) is 5.32 Å². The first-order chi connectivity index (χ1) is 20.0. The smallest absolute Gasteiger partial charge is 0.309 e. The molecule has 214 valence electrons. The second kappa shape index (κ2) is 11.9. The van der Waals surface area contributed by atoms with E-state index in [-0.39, 0.29) is 35.6 Å². The predicted octanol–water partition coefficient (Wildman–Crippen LogP) is 6.26. The van der Waals surface area contributed by atoms with Crippen molar-refractivity contribution in [1.29, 1.82) is 0 Å². The highest BCUT2D eigenvalue weighted by Crippen LogP contribution is 2.49. The second-order valence-corrected chi connectivity index (χ2v) is 10.8. The molecule has 6 rings (SSSR count). The zero-order valence-electron chi connectivity index (χ0n) is 23.1. The monoisotopic (exact) mass is 559 g/mol. The summed E-state index contributed by atoms with van der Waals surface area (Å²) in [5, 5.41) is 3.06. The van der Waals surface area contributed by atoms with Crippen LogP contribution in [0, 0.1) is 11.7 Å². The lowest BCUT2D eigenvalue weighted by molar-refractivity contribution is -0.144. The molecule has 0 unspecified atom stereocenters. The Kier molecular flexibility index (Phi) is 7.92. The molecule has 3 aromatic carbocycles. The molecule has 0 radical (unpaired) electrons. The third-order valence-corrected chi connectivity index (χ3v) is 8.11. The first-order valence-electron chi connectivity index (χ1n) is 14.4. The van der Waals surface area contributed by atoms with E-state index in [0.717, 1.165) is 30.4 Å². The number of amides is 1. The molecular formula is C33H34FNO6. The van der Waals surface area contributed by atoms with Crippen molar-refractivity contribution in [3.63, 3.8) is 0 Å². The van der Waals surface area contributed by atoms with E-state index in [0.29, 0.717) is 61.0 Å². The first-order valence-corrected chi connectivity index (χ1v) is 14.4. The normalized spacial score (nSPS) is 21.6. The molecule has 0 aromatic heterocycles. The van der Waals surface area contributed by atoms with Crippen molar-refractivity contribution in [2.75, 3.05) is 19.8 Å². The van der Waals surface area contributed by atoms with Gasteiger partial charge in [-0.05, 0) is 99.0 Å². The Morgan fingerprint density at radius 1 is 0.951 bits per heavy atom. The summed E-state index contributed by atoms with van der Waals surface area (Å²) < 4.78 is 37.9. The Labute approximate surface area is 238 Å². The molecule has 2 aliphatic carbocycles. The average Bonchev–Trinajstić information content (AvgIpc) is 3.69. The minimum Gasteiger partial charge on any atom is -0.486 e. The zero-order chi connectivity index (χ0) is 28.3. The first kappa shape index (κ1) is 27.3. The second-order valence-electron chi connectivity index (χ2n) is 10.8. The molecule has 1 N–H and O–H groups in total. The minimum atomic E-state index is -0.427. The van der Waals surface area contributed by atoms with Crippen LogP contribution in [0.15, 0.2) is 60.7 Å². The van der Waals surface area contributed by atoms with Crippen molar-refractivity contribution in [3.8, 4) is 17.2 Å². The molecule has 1 heterocycles. The van der Waals surface area contributed by atoms with Gasteiger partial charge in [-0.25, -0.2) is 4.39 Å². The van der Waals surface area contributed by atoms with Crippen LogP contribution in [0.1, 0.15) is 71.7 Å². The number of halogens is 1. The fraction of sp³-hybridized carbons (Fsp3) is 0.394. The SMILES string of the molecule is CCOC(=O)[C@H]1C[C@@H]1c1ccc(O[C@@H]2CCc3c(Oc4ccc(C(=O)NC5CCOCC5)cc4)ccc(F)c32)cc1. The van der Waals surface area contributed by atoms with Crippen molar-refractivity contribution in [2.24, 2.45) is 5.92 Å². The van der Waals surface area contributed by atoms with Crippen molar-refractivity contribution < 1.29 is 32.9 Å². The molecule has 8 heteroatoms. The van der Waals surface area contributed by atoms with Crippen LogP contribution in [0.4, 0.5) is 4.39 Å². The Morgan fingerprint density at radius 2 is 1.68 bits per heavy atom. The summed E-state index contributed by atoms with van der Waals surface area (Å²) in [7, 11) is 0. The summed E-state index contributed by atoms with van der Waals surface area (Å²) in [6, 6.07) is 17.9. The maximum Gasteiger partial charge on any atom is 0.309 e. The third kappa shape index (κ3) is 6.07. The van der Waals surface area contributed by atoms with Crippen molar-refractivity contribution >= 4 is 11.9 Å². The van der Waals surface area contributed by atoms with E-state index < -0.39 is 6.10 Å². The van der Waals surface area contributed by atoms with E-state index in [9.17, 15) is 9.59 Å². The van der Waals surface area contributed by atoms with E-state index in [4.69, 9.17) is 18.9 Å². The molecule has 1 saturated carbocycles. The van der Waals surface area contributed by atoms with Gasteiger partial charge in [-0.15, -0.1) is 0 Å². The molecule has 3 atom stereocenters. The van der Waals surface area contributed by atoms with Gasteiger partial charge in [-0.2, -0.15) is 0 Å². The molecule has 0 bridgehead atoms. The molecule has 2 fully saturated rings. The minimum absolute atomic E-state index is 0.0682.